The van der Waals surface area contributed by atoms with Crippen LogP contribution in [0.3, 0.4) is 0 Å². The Kier molecular flexibility index (Phi) is 8.59. The number of carbonyl (C=O) groups excluding carboxylic acids is 1. The molecule has 1 atom stereocenters. The van der Waals surface area contributed by atoms with Gasteiger partial charge in [-0.15, -0.1) is 6.58 Å². The number of nitrogens with zero attached hydrogens (tertiary/aromatic N) is 4. The molecule has 1 unspecified atom stereocenters. The van der Waals surface area contributed by atoms with E-state index in [2.05, 4.69) is 25.3 Å². The minimum atomic E-state index is -0.911. The molecule has 0 radical (unpaired) electrons. The predicted molar refractivity (Wildman–Crippen MR) is 138 cm³/mol. The van der Waals surface area contributed by atoms with Crippen LogP contribution in [0.2, 0.25) is 0 Å². The molecule has 8 nitrogen and oxygen atoms in total. The first kappa shape index (κ1) is 27.1. The first-order valence-corrected chi connectivity index (χ1v) is 12.7. The molecule has 0 amide bonds. The first-order valence-electron chi connectivity index (χ1n) is 12.7. The van der Waals surface area contributed by atoms with Crippen molar-refractivity contribution in [3.63, 3.8) is 0 Å². The largest absolute Gasteiger partial charge is 0.464 e. The van der Waals surface area contributed by atoms with Crippen molar-refractivity contribution in [2.24, 2.45) is 0 Å². The number of ether oxygens (including phenoxy) is 3. The lowest BCUT2D eigenvalue weighted by atomic mass is 9.92. The van der Waals surface area contributed by atoms with Crippen LogP contribution in [0.4, 0.5) is 5.82 Å². The summed E-state index contributed by atoms with van der Waals surface area (Å²) in [5, 5.41) is 4.91. The van der Waals surface area contributed by atoms with Gasteiger partial charge in [-0.1, -0.05) is 19.4 Å². The summed E-state index contributed by atoms with van der Waals surface area (Å²) in [6.07, 6.45) is 4.42. The van der Waals surface area contributed by atoms with Gasteiger partial charge in [-0.25, -0.2) is 9.78 Å². The van der Waals surface area contributed by atoms with E-state index < -0.39 is 17.7 Å². The summed E-state index contributed by atoms with van der Waals surface area (Å²) in [4.78, 5) is 20.4. The van der Waals surface area contributed by atoms with Gasteiger partial charge >= 0.3 is 5.97 Å². The van der Waals surface area contributed by atoms with Crippen LogP contribution < -0.4 is 4.90 Å². The number of rotatable bonds is 10. The second-order valence-electron chi connectivity index (χ2n) is 10.5. The molecule has 8 heteroatoms. The van der Waals surface area contributed by atoms with Gasteiger partial charge in [-0.2, -0.15) is 9.61 Å². The molecule has 0 aromatic carbocycles. The lowest BCUT2D eigenvalue weighted by molar-refractivity contribution is -0.166. The molecule has 2 aromatic rings. The zero-order valence-corrected chi connectivity index (χ0v) is 22.5. The van der Waals surface area contributed by atoms with Gasteiger partial charge < -0.3 is 19.1 Å². The molecular weight excluding hydrogens is 444 g/mol. The highest BCUT2D eigenvalue weighted by atomic mass is 16.6. The lowest BCUT2D eigenvalue weighted by Crippen LogP contribution is -2.45. The summed E-state index contributed by atoms with van der Waals surface area (Å²) >= 11 is 0. The van der Waals surface area contributed by atoms with Gasteiger partial charge in [0.15, 0.2) is 11.8 Å². The third-order valence-electron chi connectivity index (χ3n) is 6.27. The van der Waals surface area contributed by atoms with E-state index in [4.69, 9.17) is 24.3 Å². The Labute approximate surface area is 209 Å². The molecular formula is C27H42N4O4. The average Bonchev–Trinajstić information content (AvgIpc) is 3.18. The first-order chi connectivity index (χ1) is 16.5. The van der Waals surface area contributed by atoms with Crippen molar-refractivity contribution in [2.75, 3.05) is 31.2 Å². The molecule has 1 fully saturated rings. The number of carbonyl (C=O) groups is 1. The Morgan fingerprint density at radius 2 is 1.97 bits per heavy atom. The summed E-state index contributed by atoms with van der Waals surface area (Å²) in [6.45, 7) is 20.0. The zero-order valence-electron chi connectivity index (χ0n) is 22.5. The Balaban J connectivity index is 2.15. The van der Waals surface area contributed by atoms with Crippen molar-refractivity contribution in [1.29, 1.82) is 0 Å². The fourth-order valence-corrected chi connectivity index (χ4v) is 4.54. The van der Waals surface area contributed by atoms with Crippen molar-refractivity contribution < 1.29 is 19.0 Å². The van der Waals surface area contributed by atoms with Gasteiger partial charge in [0.25, 0.3) is 0 Å². The standard InChI is InChI=1S/C27H42N4O4/c1-9-12-20-18-21-28-19(4)22(23(25(32)33-11-3)35-26(5,6)7)24(31(21)29-20)30-15-13-27(8,14-16-30)34-17-10-2/h10,18,23H,2,9,11-17H2,1,3-8H3. The highest BCUT2D eigenvalue weighted by Crippen LogP contribution is 2.38. The number of aromatic nitrogens is 3. The van der Waals surface area contributed by atoms with E-state index in [1.54, 1.807) is 13.0 Å². The molecule has 194 valence electrons. The van der Waals surface area contributed by atoms with Crippen LogP contribution in [0, 0.1) is 6.92 Å². The number of fused-ring (bicyclic) bond motifs is 1. The molecule has 35 heavy (non-hydrogen) atoms. The van der Waals surface area contributed by atoms with Crippen molar-refractivity contribution in [2.45, 2.75) is 91.5 Å². The van der Waals surface area contributed by atoms with E-state index in [1.165, 1.54) is 0 Å². The highest BCUT2D eigenvalue weighted by molar-refractivity contribution is 5.80. The van der Waals surface area contributed by atoms with E-state index in [1.807, 2.05) is 38.3 Å². The van der Waals surface area contributed by atoms with Crippen LogP contribution in [-0.4, -0.2) is 58.1 Å². The SMILES string of the molecule is C=CCOC1(C)CCN(c2c(C(OC(C)(C)C)C(=O)OCC)c(C)nc3cc(CCC)nn23)CC1. The van der Waals surface area contributed by atoms with Crippen LogP contribution in [0.15, 0.2) is 18.7 Å². The van der Waals surface area contributed by atoms with Crippen LogP contribution in [0.5, 0.6) is 0 Å². The smallest absolute Gasteiger partial charge is 0.340 e. The highest BCUT2D eigenvalue weighted by Gasteiger charge is 2.38. The normalized spacial score (nSPS) is 16.9. The summed E-state index contributed by atoms with van der Waals surface area (Å²) in [5.74, 6) is 0.438. The number of anilines is 1. The molecule has 2 aromatic heterocycles. The molecule has 1 aliphatic rings. The molecule has 1 saturated heterocycles. The Morgan fingerprint density at radius 3 is 2.54 bits per heavy atom. The zero-order chi connectivity index (χ0) is 25.8. The minimum absolute atomic E-state index is 0.216. The Morgan fingerprint density at radius 1 is 1.29 bits per heavy atom. The third-order valence-corrected chi connectivity index (χ3v) is 6.27. The molecule has 3 heterocycles. The van der Waals surface area contributed by atoms with Gasteiger partial charge in [0.05, 0.1) is 35.7 Å². The van der Waals surface area contributed by atoms with Gasteiger partial charge in [0.2, 0.25) is 0 Å². The summed E-state index contributed by atoms with van der Waals surface area (Å²) < 4.78 is 19.8. The molecule has 0 spiro atoms. The van der Waals surface area contributed by atoms with Gasteiger partial charge in [0.1, 0.15) is 5.82 Å². The van der Waals surface area contributed by atoms with Crippen LogP contribution >= 0.6 is 0 Å². The van der Waals surface area contributed by atoms with Crippen LogP contribution in [0.25, 0.3) is 5.65 Å². The second-order valence-corrected chi connectivity index (χ2v) is 10.5. The number of esters is 1. The van der Waals surface area contributed by atoms with E-state index in [-0.39, 0.29) is 12.2 Å². The number of piperidine rings is 1. The van der Waals surface area contributed by atoms with Crippen LogP contribution in [-0.2, 0) is 25.4 Å². The van der Waals surface area contributed by atoms with Crippen LogP contribution in [0.1, 0.15) is 83.9 Å². The topological polar surface area (TPSA) is 78.2 Å². The maximum absolute atomic E-state index is 13.2. The lowest BCUT2D eigenvalue weighted by Gasteiger charge is -2.41. The number of aryl methyl sites for hydroxylation is 2. The molecule has 3 rings (SSSR count). The fraction of sp³-hybridized carbons (Fsp3) is 0.667. The van der Waals surface area contributed by atoms with Crippen molar-refractivity contribution >= 4 is 17.4 Å². The Hall–Kier alpha value is -2.45. The van der Waals surface area contributed by atoms with Crippen molar-refractivity contribution in [1.82, 2.24) is 14.6 Å². The van der Waals surface area contributed by atoms with Gasteiger partial charge in [-0.3, -0.25) is 0 Å². The number of hydrogen-bond donors (Lipinski definition) is 0. The second kappa shape index (κ2) is 11.1. The van der Waals surface area contributed by atoms with E-state index in [9.17, 15) is 4.79 Å². The summed E-state index contributed by atoms with van der Waals surface area (Å²) in [7, 11) is 0. The quantitative estimate of drug-likeness (QED) is 0.346. The van der Waals surface area contributed by atoms with Crippen molar-refractivity contribution in [3.05, 3.63) is 35.7 Å². The van der Waals surface area contributed by atoms with Gasteiger partial charge in [0, 0.05) is 24.8 Å². The molecule has 0 N–H and O–H groups in total. The molecule has 1 aliphatic heterocycles. The predicted octanol–water partition coefficient (Wildman–Crippen LogP) is 4.97. The average molecular weight is 487 g/mol. The monoisotopic (exact) mass is 486 g/mol. The van der Waals surface area contributed by atoms with Crippen molar-refractivity contribution in [3.8, 4) is 0 Å². The third kappa shape index (κ3) is 6.41. The van der Waals surface area contributed by atoms with E-state index in [0.29, 0.717) is 12.2 Å². The minimum Gasteiger partial charge on any atom is -0.464 e. The Bertz CT molecular complexity index is 1030. The van der Waals surface area contributed by atoms with E-state index >= 15 is 0 Å². The van der Waals surface area contributed by atoms with E-state index in [0.717, 1.165) is 61.6 Å². The maximum atomic E-state index is 13.2. The molecule has 0 bridgehead atoms. The molecule has 0 aliphatic carbocycles. The molecule has 0 saturated carbocycles. The summed E-state index contributed by atoms with van der Waals surface area (Å²) in [5.41, 5.74) is 2.44. The number of hydrogen-bond acceptors (Lipinski definition) is 7. The summed E-state index contributed by atoms with van der Waals surface area (Å²) in [6, 6.07) is 2.04. The fourth-order valence-electron chi connectivity index (χ4n) is 4.54. The maximum Gasteiger partial charge on any atom is 0.340 e. The van der Waals surface area contributed by atoms with Gasteiger partial charge in [-0.05, 0) is 60.8 Å².